The highest BCUT2D eigenvalue weighted by molar-refractivity contribution is 5.98. The third-order valence-corrected chi connectivity index (χ3v) is 4.16. The molecule has 21 heavy (non-hydrogen) atoms. The summed E-state index contributed by atoms with van der Waals surface area (Å²) in [5, 5.41) is 2.80. The molecule has 1 spiro atoms. The van der Waals surface area contributed by atoms with Gasteiger partial charge in [0.1, 0.15) is 17.2 Å². The second-order valence-corrected chi connectivity index (χ2v) is 5.78. The first-order valence-corrected chi connectivity index (χ1v) is 7.04. The highest BCUT2D eigenvalue weighted by atomic mass is 19.1. The molecular formula is C15H16F2N2O2. The molecule has 1 aliphatic carbocycles. The van der Waals surface area contributed by atoms with E-state index in [0.29, 0.717) is 18.4 Å². The second kappa shape index (κ2) is 5.09. The van der Waals surface area contributed by atoms with Crippen molar-refractivity contribution in [2.45, 2.75) is 37.8 Å². The zero-order chi connectivity index (χ0) is 15.0. The summed E-state index contributed by atoms with van der Waals surface area (Å²) in [7, 11) is 0. The molecule has 0 unspecified atom stereocenters. The first-order valence-electron chi connectivity index (χ1n) is 7.04. The van der Waals surface area contributed by atoms with Crippen molar-refractivity contribution in [2.75, 3.05) is 6.54 Å². The van der Waals surface area contributed by atoms with E-state index >= 15 is 0 Å². The summed E-state index contributed by atoms with van der Waals surface area (Å²) >= 11 is 0. The Morgan fingerprint density at radius 3 is 2.33 bits per heavy atom. The molecule has 1 aromatic carbocycles. The SMILES string of the molecule is O=C1CN(Cc2cc(F)cc(F)c2)C(=O)C2(CCCC2)N1. The Bertz CT molecular complexity index is 577. The molecule has 0 aromatic heterocycles. The molecular weight excluding hydrogens is 278 g/mol. The number of benzene rings is 1. The Balaban J connectivity index is 1.83. The van der Waals surface area contributed by atoms with Crippen molar-refractivity contribution in [2.24, 2.45) is 0 Å². The first-order chi connectivity index (χ1) is 9.98. The topological polar surface area (TPSA) is 49.4 Å². The van der Waals surface area contributed by atoms with Gasteiger partial charge >= 0.3 is 0 Å². The fourth-order valence-electron chi connectivity index (χ4n) is 3.28. The third-order valence-electron chi connectivity index (χ3n) is 4.16. The van der Waals surface area contributed by atoms with Crippen LogP contribution in [0.5, 0.6) is 0 Å². The summed E-state index contributed by atoms with van der Waals surface area (Å²) < 4.78 is 26.5. The molecule has 2 fully saturated rings. The monoisotopic (exact) mass is 294 g/mol. The number of hydrogen-bond donors (Lipinski definition) is 1. The third kappa shape index (κ3) is 2.62. The van der Waals surface area contributed by atoms with Crippen molar-refractivity contribution in [3.8, 4) is 0 Å². The molecule has 1 saturated heterocycles. The van der Waals surface area contributed by atoms with Gasteiger partial charge in [0.25, 0.3) is 0 Å². The van der Waals surface area contributed by atoms with Crippen LogP contribution in [-0.2, 0) is 16.1 Å². The Kier molecular flexibility index (Phi) is 3.39. The molecule has 2 amide bonds. The number of nitrogens with zero attached hydrogens (tertiary/aromatic N) is 1. The van der Waals surface area contributed by atoms with Gasteiger partial charge in [-0.05, 0) is 30.5 Å². The molecule has 1 saturated carbocycles. The van der Waals surface area contributed by atoms with E-state index in [1.807, 2.05) is 0 Å². The smallest absolute Gasteiger partial charge is 0.249 e. The number of carbonyl (C=O) groups is 2. The highest BCUT2D eigenvalue weighted by Crippen LogP contribution is 2.33. The molecule has 1 aromatic rings. The van der Waals surface area contributed by atoms with Crippen LogP contribution in [0.1, 0.15) is 31.2 Å². The van der Waals surface area contributed by atoms with Crippen molar-refractivity contribution < 1.29 is 18.4 Å². The Hall–Kier alpha value is -1.98. The summed E-state index contributed by atoms with van der Waals surface area (Å²) in [4.78, 5) is 25.8. The van der Waals surface area contributed by atoms with Crippen molar-refractivity contribution in [1.29, 1.82) is 0 Å². The normalized spacial score (nSPS) is 21.0. The number of rotatable bonds is 2. The second-order valence-electron chi connectivity index (χ2n) is 5.78. The maximum atomic E-state index is 13.2. The maximum Gasteiger partial charge on any atom is 0.249 e. The maximum absolute atomic E-state index is 13.2. The van der Waals surface area contributed by atoms with E-state index in [9.17, 15) is 18.4 Å². The van der Waals surface area contributed by atoms with Gasteiger partial charge in [0.05, 0.1) is 6.54 Å². The van der Waals surface area contributed by atoms with Crippen molar-refractivity contribution in [1.82, 2.24) is 10.2 Å². The summed E-state index contributed by atoms with van der Waals surface area (Å²) in [5.41, 5.74) is -0.454. The van der Waals surface area contributed by atoms with E-state index in [4.69, 9.17) is 0 Å². The molecule has 0 bridgehead atoms. The molecule has 112 valence electrons. The molecule has 4 nitrogen and oxygen atoms in total. The van der Waals surface area contributed by atoms with Gasteiger partial charge in [-0.25, -0.2) is 8.78 Å². The molecule has 1 aliphatic heterocycles. The van der Waals surface area contributed by atoms with Gasteiger partial charge in [-0.15, -0.1) is 0 Å². The lowest BCUT2D eigenvalue weighted by Crippen LogP contribution is -2.65. The number of nitrogens with one attached hydrogen (secondary N) is 1. The zero-order valence-electron chi connectivity index (χ0n) is 11.5. The standard InChI is InChI=1S/C15H16F2N2O2/c16-11-5-10(6-12(17)7-11)8-19-9-13(20)18-15(14(19)21)3-1-2-4-15/h5-7H,1-4,8-9H2,(H,18,20). The van der Waals surface area contributed by atoms with Crippen LogP contribution in [-0.4, -0.2) is 28.8 Å². The quantitative estimate of drug-likeness (QED) is 0.903. The predicted octanol–water partition coefficient (Wildman–Crippen LogP) is 1.74. The minimum absolute atomic E-state index is 0.0443. The van der Waals surface area contributed by atoms with Crippen LogP contribution >= 0.6 is 0 Å². The molecule has 1 heterocycles. The zero-order valence-corrected chi connectivity index (χ0v) is 11.5. The summed E-state index contributed by atoms with van der Waals surface area (Å²) in [6, 6.07) is 3.15. The van der Waals surface area contributed by atoms with Gasteiger partial charge in [-0.2, -0.15) is 0 Å². The van der Waals surface area contributed by atoms with Crippen LogP contribution < -0.4 is 5.32 Å². The average Bonchev–Trinajstić information content (AvgIpc) is 2.83. The summed E-state index contributed by atoms with van der Waals surface area (Å²) in [6.45, 7) is -0.0264. The molecule has 0 radical (unpaired) electrons. The first kappa shape index (κ1) is 14.0. The van der Waals surface area contributed by atoms with Crippen LogP contribution in [0.25, 0.3) is 0 Å². The number of hydrogen-bond acceptors (Lipinski definition) is 2. The minimum Gasteiger partial charge on any atom is -0.340 e. The summed E-state index contributed by atoms with van der Waals surface area (Å²) in [5.74, 6) is -1.73. The number of piperazine rings is 1. The Morgan fingerprint density at radius 1 is 1.10 bits per heavy atom. The van der Waals surface area contributed by atoms with E-state index in [1.165, 1.54) is 17.0 Å². The van der Waals surface area contributed by atoms with Crippen molar-refractivity contribution in [3.05, 3.63) is 35.4 Å². The molecule has 6 heteroatoms. The van der Waals surface area contributed by atoms with Crippen LogP contribution in [0, 0.1) is 11.6 Å². The van der Waals surface area contributed by atoms with Crippen molar-refractivity contribution >= 4 is 11.8 Å². The molecule has 2 aliphatic rings. The number of halogens is 2. The van der Waals surface area contributed by atoms with E-state index in [1.54, 1.807) is 0 Å². The molecule has 0 atom stereocenters. The Morgan fingerprint density at radius 2 is 1.71 bits per heavy atom. The largest absolute Gasteiger partial charge is 0.340 e. The van der Waals surface area contributed by atoms with Gasteiger partial charge in [0, 0.05) is 12.6 Å². The lowest BCUT2D eigenvalue weighted by molar-refractivity contribution is -0.150. The van der Waals surface area contributed by atoms with E-state index in [2.05, 4.69) is 5.32 Å². The lowest BCUT2D eigenvalue weighted by Gasteiger charge is -2.39. The molecule has 3 rings (SSSR count). The van der Waals surface area contributed by atoms with Crippen LogP contribution in [0.4, 0.5) is 8.78 Å². The number of carbonyl (C=O) groups excluding carboxylic acids is 2. The van der Waals surface area contributed by atoms with E-state index in [-0.39, 0.29) is 24.9 Å². The summed E-state index contributed by atoms with van der Waals surface area (Å²) in [6.07, 6.45) is 3.06. The van der Waals surface area contributed by atoms with E-state index < -0.39 is 17.2 Å². The van der Waals surface area contributed by atoms with Gasteiger partial charge in [0.2, 0.25) is 11.8 Å². The predicted molar refractivity (Wildman–Crippen MR) is 71.1 cm³/mol. The van der Waals surface area contributed by atoms with Crippen LogP contribution in [0.2, 0.25) is 0 Å². The van der Waals surface area contributed by atoms with Gasteiger partial charge in [-0.1, -0.05) is 12.8 Å². The molecule has 1 N–H and O–H groups in total. The number of amides is 2. The van der Waals surface area contributed by atoms with Crippen molar-refractivity contribution in [3.63, 3.8) is 0 Å². The minimum atomic E-state index is -0.804. The average molecular weight is 294 g/mol. The van der Waals surface area contributed by atoms with Crippen LogP contribution in [0.15, 0.2) is 18.2 Å². The van der Waals surface area contributed by atoms with Gasteiger partial charge in [-0.3, -0.25) is 9.59 Å². The lowest BCUT2D eigenvalue weighted by atomic mass is 9.93. The van der Waals surface area contributed by atoms with Crippen LogP contribution in [0.3, 0.4) is 0 Å². The van der Waals surface area contributed by atoms with E-state index in [0.717, 1.165) is 18.9 Å². The van der Waals surface area contributed by atoms with Gasteiger partial charge in [0.15, 0.2) is 0 Å². The van der Waals surface area contributed by atoms with Gasteiger partial charge < -0.3 is 10.2 Å². The fraction of sp³-hybridized carbons (Fsp3) is 0.467. The highest BCUT2D eigenvalue weighted by Gasteiger charge is 2.48. The fourth-order valence-corrected chi connectivity index (χ4v) is 3.28. The Labute approximate surface area is 121 Å².